The number of hydrogen-bond acceptors (Lipinski definition) is 4. The highest BCUT2D eigenvalue weighted by Gasteiger charge is 2.25. The number of halogens is 1. The Morgan fingerprint density at radius 1 is 1.30 bits per heavy atom. The van der Waals surface area contributed by atoms with Crippen LogP contribution >= 0.6 is 23.4 Å². The summed E-state index contributed by atoms with van der Waals surface area (Å²) in [6.07, 6.45) is 0.254. The molecule has 0 bridgehead atoms. The molecule has 0 saturated carbocycles. The van der Waals surface area contributed by atoms with Gasteiger partial charge in [0, 0.05) is 42.0 Å². The van der Waals surface area contributed by atoms with E-state index in [4.69, 9.17) is 16.3 Å². The zero-order chi connectivity index (χ0) is 19.4. The lowest BCUT2D eigenvalue weighted by molar-refractivity contribution is -0.130. The molecule has 0 atom stereocenters. The van der Waals surface area contributed by atoms with E-state index in [0.29, 0.717) is 29.6 Å². The molecule has 0 N–H and O–H groups in total. The van der Waals surface area contributed by atoms with Crippen LogP contribution in [-0.4, -0.2) is 43.2 Å². The van der Waals surface area contributed by atoms with Crippen molar-refractivity contribution in [3.63, 3.8) is 0 Å². The van der Waals surface area contributed by atoms with E-state index in [0.717, 1.165) is 16.1 Å². The number of carbonyl (C=O) groups excluding carboxylic acids is 2. The molecule has 1 aliphatic heterocycles. The summed E-state index contributed by atoms with van der Waals surface area (Å²) >= 11 is 7.59. The van der Waals surface area contributed by atoms with Gasteiger partial charge in [0.1, 0.15) is 5.75 Å². The van der Waals surface area contributed by atoms with Gasteiger partial charge in [-0.3, -0.25) is 9.59 Å². The Bertz CT molecular complexity index is 859. The van der Waals surface area contributed by atoms with Gasteiger partial charge in [-0.2, -0.15) is 0 Å². The number of ether oxygens (including phenoxy) is 1. The summed E-state index contributed by atoms with van der Waals surface area (Å²) in [5.41, 5.74) is 1.72. The Balaban J connectivity index is 1.64. The van der Waals surface area contributed by atoms with Gasteiger partial charge in [-0.1, -0.05) is 23.7 Å². The van der Waals surface area contributed by atoms with Crippen molar-refractivity contribution in [2.45, 2.75) is 17.9 Å². The minimum absolute atomic E-state index is 0.0330. The Kier molecular flexibility index (Phi) is 6.29. The summed E-state index contributed by atoms with van der Waals surface area (Å²) in [4.78, 5) is 29.3. The monoisotopic (exact) mass is 404 g/mol. The van der Waals surface area contributed by atoms with E-state index < -0.39 is 0 Å². The fourth-order valence-electron chi connectivity index (χ4n) is 3.01. The molecule has 3 rings (SSSR count). The SMILES string of the molecule is COc1ccc(Cl)cc1CN(C)C(=O)CCN1C(=O)CSc2ccccc21. The maximum Gasteiger partial charge on any atom is 0.237 e. The number of rotatable bonds is 6. The van der Waals surface area contributed by atoms with Gasteiger partial charge in [-0.05, 0) is 30.3 Å². The minimum atomic E-state index is -0.0412. The molecular weight excluding hydrogens is 384 g/mol. The van der Waals surface area contributed by atoms with Crippen LogP contribution in [0.25, 0.3) is 0 Å². The van der Waals surface area contributed by atoms with Crippen molar-refractivity contribution < 1.29 is 14.3 Å². The highest BCUT2D eigenvalue weighted by atomic mass is 35.5. The van der Waals surface area contributed by atoms with Crippen LogP contribution in [0.5, 0.6) is 5.75 Å². The van der Waals surface area contributed by atoms with E-state index in [1.54, 1.807) is 42.2 Å². The van der Waals surface area contributed by atoms with Crippen molar-refractivity contribution in [2.24, 2.45) is 0 Å². The zero-order valence-electron chi connectivity index (χ0n) is 15.3. The number of hydrogen-bond donors (Lipinski definition) is 0. The van der Waals surface area contributed by atoms with Crippen molar-refractivity contribution in [1.82, 2.24) is 4.90 Å². The van der Waals surface area contributed by atoms with Crippen LogP contribution in [0.4, 0.5) is 5.69 Å². The molecule has 0 aromatic heterocycles. The van der Waals surface area contributed by atoms with Gasteiger partial charge in [0.25, 0.3) is 0 Å². The van der Waals surface area contributed by atoms with Gasteiger partial charge in [-0.15, -0.1) is 11.8 Å². The Morgan fingerprint density at radius 3 is 2.85 bits per heavy atom. The number of methoxy groups -OCH3 is 1. The van der Waals surface area contributed by atoms with Gasteiger partial charge >= 0.3 is 0 Å². The van der Waals surface area contributed by atoms with Gasteiger partial charge in [0.15, 0.2) is 0 Å². The second kappa shape index (κ2) is 8.67. The number of thioether (sulfide) groups is 1. The molecule has 1 heterocycles. The molecular formula is C20H21ClN2O3S. The van der Waals surface area contributed by atoms with Crippen molar-refractivity contribution in [2.75, 3.05) is 31.4 Å². The first-order chi connectivity index (χ1) is 13.0. The van der Waals surface area contributed by atoms with Crippen molar-refractivity contribution in [3.8, 4) is 5.75 Å². The molecule has 0 spiro atoms. The topological polar surface area (TPSA) is 49.9 Å². The zero-order valence-corrected chi connectivity index (χ0v) is 16.8. The van der Waals surface area contributed by atoms with Crippen LogP contribution in [-0.2, 0) is 16.1 Å². The highest BCUT2D eigenvalue weighted by Crippen LogP contribution is 2.35. The summed E-state index contributed by atoms with van der Waals surface area (Å²) in [6.45, 7) is 0.759. The fourth-order valence-corrected chi connectivity index (χ4v) is 4.14. The Labute approximate surface area is 168 Å². The number of carbonyl (C=O) groups is 2. The van der Waals surface area contributed by atoms with Crippen LogP contribution in [0.2, 0.25) is 5.02 Å². The molecule has 0 aliphatic carbocycles. The van der Waals surface area contributed by atoms with Crippen LogP contribution in [0.1, 0.15) is 12.0 Å². The van der Waals surface area contributed by atoms with Gasteiger partial charge in [0.2, 0.25) is 11.8 Å². The van der Waals surface area contributed by atoms with Gasteiger partial charge < -0.3 is 14.5 Å². The summed E-state index contributed by atoms with van der Waals surface area (Å²) in [6, 6.07) is 13.1. The smallest absolute Gasteiger partial charge is 0.237 e. The second-order valence-electron chi connectivity index (χ2n) is 6.26. The van der Waals surface area contributed by atoms with Crippen molar-refractivity contribution in [1.29, 1.82) is 0 Å². The molecule has 7 heteroatoms. The number of nitrogens with zero attached hydrogens (tertiary/aromatic N) is 2. The van der Waals surface area contributed by atoms with E-state index in [1.165, 1.54) is 11.8 Å². The predicted molar refractivity (Wildman–Crippen MR) is 109 cm³/mol. The molecule has 1 aliphatic rings. The third-order valence-electron chi connectivity index (χ3n) is 4.43. The molecule has 2 amide bonds. The maximum absolute atomic E-state index is 12.6. The van der Waals surface area contributed by atoms with E-state index >= 15 is 0 Å². The maximum atomic E-state index is 12.6. The normalized spacial score (nSPS) is 13.3. The molecule has 0 radical (unpaired) electrons. The summed E-state index contributed by atoms with van der Waals surface area (Å²) in [5.74, 6) is 1.09. The summed E-state index contributed by atoms with van der Waals surface area (Å²) < 4.78 is 5.34. The largest absolute Gasteiger partial charge is 0.496 e. The molecule has 0 saturated heterocycles. The van der Waals surface area contributed by atoms with E-state index in [1.807, 2.05) is 24.3 Å². The van der Waals surface area contributed by atoms with E-state index in [2.05, 4.69) is 0 Å². The Hall–Kier alpha value is -2.18. The van der Waals surface area contributed by atoms with Crippen LogP contribution in [0.15, 0.2) is 47.4 Å². The number of benzene rings is 2. The number of anilines is 1. The first-order valence-corrected chi connectivity index (χ1v) is 9.94. The standard InChI is InChI=1S/C20H21ClN2O3S/c1-22(12-14-11-15(21)7-8-17(14)26-2)19(24)9-10-23-16-5-3-4-6-18(16)27-13-20(23)25/h3-8,11H,9-10,12-13H2,1-2H3. The van der Waals surface area contributed by atoms with Gasteiger partial charge in [-0.25, -0.2) is 0 Å². The number of para-hydroxylation sites is 1. The van der Waals surface area contributed by atoms with Crippen LogP contribution in [0, 0.1) is 0 Å². The fraction of sp³-hybridized carbons (Fsp3) is 0.300. The predicted octanol–water partition coefficient (Wildman–Crippen LogP) is 3.84. The summed E-state index contributed by atoms with van der Waals surface area (Å²) in [7, 11) is 3.33. The molecule has 2 aromatic carbocycles. The third kappa shape index (κ3) is 4.57. The van der Waals surface area contributed by atoms with E-state index in [-0.39, 0.29) is 18.2 Å². The first kappa shape index (κ1) is 19.6. The highest BCUT2D eigenvalue weighted by molar-refractivity contribution is 8.00. The first-order valence-electron chi connectivity index (χ1n) is 8.58. The minimum Gasteiger partial charge on any atom is -0.496 e. The van der Waals surface area contributed by atoms with Crippen molar-refractivity contribution in [3.05, 3.63) is 53.1 Å². The lowest BCUT2D eigenvalue weighted by atomic mass is 10.2. The van der Waals surface area contributed by atoms with Crippen LogP contribution < -0.4 is 9.64 Å². The van der Waals surface area contributed by atoms with Gasteiger partial charge in [0.05, 0.1) is 18.6 Å². The average molecular weight is 405 g/mol. The molecule has 5 nitrogen and oxygen atoms in total. The average Bonchev–Trinajstić information content (AvgIpc) is 2.67. The molecule has 142 valence electrons. The van der Waals surface area contributed by atoms with E-state index in [9.17, 15) is 9.59 Å². The second-order valence-corrected chi connectivity index (χ2v) is 7.71. The Morgan fingerprint density at radius 2 is 2.07 bits per heavy atom. The third-order valence-corrected chi connectivity index (χ3v) is 5.72. The van der Waals surface area contributed by atoms with Crippen molar-refractivity contribution >= 4 is 40.9 Å². The molecule has 0 unspecified atom stereocenters. The molecule has 0 fully saturated rings. The number of fused-ring (bicyclic) bond motifs is 1. The molecule has 27 heavy (non-hydrogen) atoms. The number of amides is 2. The van der Waals surface area contributed by atoms with Crippen LogP contribution in [0.3, 0.4) is 0 Å². The molecule has 2 aromatic rings. The quantitative estimate of drug-likeness (QED) is 0.734. The lowest BCUT2D eigenvalue weighted by Crippen LogP contribution is -2.38. The lowest BCUT2D eigenvalue weighted by Gasteiger charge is -2.29. The summed E-state index contributed by atoms with van der Waals surface area (Å²) in [5, 5.41) is 0.597.